The predicted octanol–water partition coefficient (Wildman–Crippen LogP) is 30.1. The van der Waals surface area contributed by atoms with Crippen molar-refractivity contribution in [1.82, 2.24) is 0 Å². The van der Waals surface area contributed by atoms with Gasteiger partial charge in [-0.25, -0.2) is 0 Å². The molecule has 22 rings (SSSR count). The smallest absolute Gasteiger partial charge is 0.0434 e. The zero-order valence-electron chi connectivity index (χ0n) is 60.0. The fraction of sp³-hybridized carbons (Fsp3) is 0.0566. The minimum Gasteiger partial charge on any atom is -0.135 e. The van der Waals surface area contributed by atoms with Gasteiger partial charge in [-0.3, -0.25) is 0 Å². The van der Waals surface area contributed by atoms with Gasteiger partial charge in [-0.1, -0.05) is 380 Å². The molecule has 0 aliphatic heterocycles. The maximum absolute atomic E-state index is 2.44. The summed E-state index contributed by atoms with van der Waals surface area (Å²) in [5.74, 6) is 0. The summed E-state index contributed by atoms with van der Waals surface area (Å²) in [6, 6.07) is 135. The molecule has 1 heterocycles. The van der Waals surface area contributed by atoms with Crippen molar-refractivity contribution in [3.8, 4) is 100 Å². The van der Waals surface area contributed by atoms with Crippen LogP contribution in [0.15, 0.2) is 364 Å². The van der Waals surface area contributed by atoms with E-state index in [-0.39, 0.29) is 10.8 Å². The maximum Gasteiger partial charge on any atom is 0.0434 e. The zero-order valence-corrected chi connectivity index (χ0v) is 60.9. The molecule has 0 saturated carbocycles. The molecule has 0 fully saturated rings. The average Bonchev–Trinajstić information content (AvgIpc) is 1.58. The molecule has 1 aromatic heterocycles. The molecule has 2 aliphatic rings. The van der Waals surface area contributed by atoms with Gasteiger partial charge in [0.05, 0.1) is 0 Å². The summed E-state index contributed by atoms with van der Waals surface area (Å²) >= 11 is 1.90. The Morgan fingerprint density at radius 1 is 0.178 bits per heavy atom. The number of hydrogen-bond donors (Lipinski definition) is 0. The van der Waals surface area contributed by atoms with Gasteiger partial charge in [-0.2, -0.15) is 0 Å². The van der Waals surface area contributed by atoms with Crippen LogP contribution in [0.1, 0.15) is 49.9 Å². The summed E-state index contributed by atoms with van der Waals surface area (Å²) in [4.78, 5) is 0. The van der Waals surface area contributed by atoms with Crippen molar-refractivity contribution < 1.29 is 0 Å². The predicted molar refractivity (Wildman–Crippen MR) is 461 cm³/mol. The van der Waals surface area contributed by atoms with Crippen molar-refractivity contribution in [2.24, 2.45) is 0 Å². The van der Waals surface area contributed by atoms with Gasteiger partial charge in [0.1, 0.15) is 0 Å². The highest BCUT2D eigenvalue weighted by molar-refractivity contribution is 7.26. The molecule has 20 aromatic rings. The Hall–Kier alpha value is -12.8. The molecule has 502 valence electrons. The van der Waals surface area contributed by atoms with Gasteiger partial charge < -0.3 is 0 Å². The molecule has 0 radical (unpaired) electrons. The van der Waals surface area contributed by atoms with Crippen LogP contribution < -0.4 is 0 Å². The third kappa shape index (κ3) is 9.60. The second-order valence-corrected chi connectivity index (χ2v) is 31.4. The van der Waals surface area contributed by atoms with Crippen molar-refractivity contribution in [3.05, 3.63) is 386 Å². The number of benzene rings is 19. The summed E-state index contributed by atoms with van der Waals surface area (Å²) in [6.07, 6.45) is 0. The maximum atomic E-state index is 2.44. The van der Waals surface area contributed by atoms with Gasteiger partial charge in [0.15, 0.2) is 0 Å². The van der Waals surface area contributed by atoms with Gasteiger partial charge >= 0.3 is 0 Å². The fourth-order valence-electron chi connectivity index (χ4n) is 19.4. The lowest BCUT2D eigenvalue weighted by Gasteiger charge is -2.26. The number of rotatable bonds is 7. The molecule has 0 nitrogen and oxygen atoms in total. The van der Waals surface area contributed by atoms with E-state index in [2.05, 4.69) is 392 Å². The van der Waals surface area contributed by atoms with Gasteiger partial charge in [0.25, 0.3) is 0 Å². The Morgan fingerprint density at radius 2 is 0.505 bits per heavy atom. The largest absolute Gasteiger partial charge is 0.135 e. The van der Waals surface area contributed by atoms with Crippen molar-refractivity contribution in [3.63, 3.8) is 0 Å². The first-order chi connectivity index (χ1) is 52.7. The molecule has 0 bridgehead atoms. The Labute approximate surface area is 627 Å². The van der Waals surface area contributed by atoms with Crippen LogP contribution in [0.2, 0.25) is 0 Å². The van der Waals surface area contributed by atoms with E-state index in [1.807, 2.05) is 11.3 Å². The molecule has 0 atom stereocenters. The molecule has 0 unspecified atom stereocenters. The highest BCUT2D eigenvalue weighted by Crippen LogP contribution is 2.58. The molecule has 2 aliphatic carbocycles. The highest BCUT2D eigenvalue weighted by Gasteiger charge is 2.41. The second kappa shape index (κ2) is 24.4. The lowest BCUT2D eigenvalue weighted by molar-refractivity contribution is 0.668. The van der Waals surface area contributed by atoms with Crippen LogP contribution >= 0.6 is 11.3 Å². The van der Waals surface area contributed by atoms with Gasteiger partial charge in [0, 0.05) is 36.6 Å². The van der Waals surface area contributed by atoms with Crippen LogP contribution in [0.25, 0.3) is 196 Å². The van der Waals surface area contributed by atoms with Gasteiger partial charge in [0.2, 0.25) is 0 Å². The monoisotopic (exact) mass is 1380 g/mol. The van der Waals surface area contributed by atoms with E-state index < -0.39 is 0 Å². The number of thiophene rings is 1. The van der Waals surface area contributed by atoms with Crippen LogP contribution in [0.3, 0.4) is 0 Å². The Balaban J connectivity index is 0.000000137. The summed E-state index contributed by atoms with van der Waals surface area (Å²) in [5.41, 5.74) is 28.7. The molecule has 0 N–H and O–H groups in total. The topological polar surface area (TPSA) is 0 Å². The average molecular weight is 1380 g/mol. The van der Waals surface area contributed by atoms with E-state index in [0.29, 0.717) is 0 Å². The molecule has 1 heteroatoms. The second-order valence-electron chi connectivity index (χ2n) is 30.3. The van der Waals surface area contributed by atoms with E-state index >= 15 is 0 Å². The Morgan fingerprint density at radius 3 is 1.06 bits per heavy atom. The fourth-order valence-corrected chi connectivity index (χ4v) is 20.7. The molecule has 107 heavy (non-hydrogen) atoms. The molecule has 0 amide bonds. The minimum atomic E-state index is -0.156. The SMILES string of the molecule is CC1(C)c2c(-c3ccc(-c4c5ccccc5c(-c5cccc6c5sc5ccccc56)c5ccccc45)cc3)cccc2-c2ccc3ccccc3c21.CC1(C)c2c(-c3cccc(-c4c5ccccc5c(-c5ccccc5-c5cccc6ccccc56)c5ccccc45)c3)cccc2-c2ccc3ccccc3c21. The van der Waals surface area contributed by atoms with Crippen LogP contribution in [0, 0.1) is 0 Å². The van der Waals surface area contributed by atoms with E-state index in [1.54, 1.807) is 0 Å². The lowest BCUT2D eigenvalue weighted by Crippen LogP contribution is -2.16. The van der Waals surface area contributed by atoms with E-state index in [4.69, 9.17) is 0 Å². The Bertz CT molecular complexity index is 7000. The minimum absolute atomic E-state index is 0.125. The first kappa shape index (κ1) is 62.8. The van der Waals surface area contributed by atoms with Gasteiger partial charge in [-0.05, 0) is 204 Å². The highest BCUT2D eigenvalue weighted by atomic mass is 32.1. The summed E-state index contributed by atoms with van der Waals surface area (Å²) < 4.78 is 2.68. The quantitative estimate of drug-likeness (QED) is 0.140. The van der Waals surface area contributed by atoms with Crippen LogP contribution in [-0.2, 0) is 10.8 Å². The van der Waals surface area contributed by atoms with Crippen molar-refractivity contribution in [2.75, 3.05) is 0 Å². The van der Waals surface area contributed by atoms with Crippen molar-refractivity contribution >= 4 is 107 Å². The third-order valence-corrected chi connectivity index (χ3v) is 25.0. The van der Waals surface area contributed by atoms with Crippen LogP contribution in [0.4, 0.5) is 0 Å². The normalized spacial score (nSPS) is 13.2. The first-order valence-corrected chi connectivity index (χ1v) is 38.4. The zero-order chi connectivity index (χ0) is 71.2. The van der Waals surface area contributed by atoms with Crippen LogP contribution in [0.5, 0.6) is 0 Å². The molecular formula is C106H72S. The summed E-state index contributed by atoms with van der Waals surface area (Å²) in [7, 11) is 0. The summed E-state index contributed by atoms with van der Waals surface area (Å²) in [5, 5.41) is 20.7. The van der Waals surface area contributed by atoms with Crippen LogP contribution in [-0.4, -0.2) is 0 Å². The lowest BCUT2D eigenvalue weighted by atomic mass is 9.77. The first-order valence-electron chi connectivity index (χ1n) is 37.5. The van der Waals surface area contributed by atoms with E-state index in [0.717, 1.165) is 0 Å². The number of hydrogen-bond acceptors (Lipinski definition) is 1. The standard InChI is InChI=1S/C55H38.C51H34S/c1-55(2)53-40-22-6-4-17-36(40)32-33-50(53)49-31-15-29-41(54(49)55)37-19-13-20-38(34-37)51-45-25-9-11-27-47(45)52(48-28-12-10-26-46(48)51)44-24-8-7-23-43(44)42-30-14-18-35-16-3-5-21-39(35)42;1-51(2)48-35(20-11-21-41(48)42-30-29-31-13-3-4-14-34(31)49(42)51)32-25-27-33(28-26-32)46-37-16-5-7-18-39(37)47(40-19-8-6-17-38(40)46)44-23-12-22-43-36-15-9-10-24-45(36)52-50(43)44/h3-34H,1-2H3;3-30H,1-2H3. The third-order valence-electron chi connectivity index (χ3n) is 23.8. The molecular weight excluding hydrogens is 1310 g/mol. The van der Waals surface area contributed by atoms with Crippen molar-refractivity contribution in [2.45, 2.75) is 38.5 Å². The molecule has 0 saturated heterocycles. The summed E-state index contributed by atoms with van der Waals surface area (Å²) in [6.45, 7) is 9.63. The molecule has 0 spiro atoms. The van der Waals surface area contributed by atoms with E-state index in [9.17, 15) is 0 Å². The van der Waals surface area contributed by atoms with Gasteiger partial charge in [-0.15, -0.1) is 11.3 Å². The number of fused-ring (bicyclic) bond motifs is 18. The molecule has 19 aromatic carbocycles. The Kier molecular flexibility index (Phi) is 14.3. The van der Waals surface area contributed by atoms with E-state index in [1.165, 1.54) is 218 Å². The van der Waals surface area contributed by atoms with Crippen molar-refractivity contribution in [1.29, 1.82) is 0 Å².